The molecule has 1 aliphatic carbocycles. The number of amides is 1. The van der Waals surface area contributed by atoms with Crippen LogP contribution < -0.4 is 11.1 Å². The number of rotatable bonds is 4. The number of nitrogens with one attached hydrogen (secondary N) is 1. The second-order valence-corrected chi connectivity index (χ2v) is 7.45. The van der Waals surface area contributed by atoms with Gasteiger partial charge in [0.15, 0.2) is 5.13 Å². The van der Waals surface area contributed by atoms with Crippen molar-refractivity contribution in [1.29, 1.82) is 0 Å². The molecular weight excluding hydrogens is 316 g/mol. The number of hydrogen-bond acceptors (Lipinski definition) is 6. The van der Waals surface area contributed by atoms with Gasteiger partial charge in [-0.05, 0) is 32.2 Å². The molecule has 0 saturated heterocycles. The Labute approximate surface area is 138 Å². The normalized spacial score (nSPS) is 15.0. The molecule has 0 saturated carbocycles. The summed E-state index contributed by atoms with van der Waals surface area (Å²) >= 11 is 3.09. The number of anilines is 1. The fourth-order valence-corrected chi connectivity index (χ4v) is 4.41. The van der Waals surface area contributed by atoms with Gasteiger partial charge in [-0.2, -0.15) is 0 Å². The van der Waals surface area contributed by atoms with Crippen molar-refractivity contribution in [2.24, 2.45) is 5.73 Å². The summed E-state index contributed by atoms with van der Waals surface area (Å²) in [6.07, 6.45) is 7.81. The Morgan fingerprint density at radius 3 is 2.86 bits per heavy atom. The van der Waals surface area contributed by atoms with Crippen LogP contribution in [0.2, 0.25) is 0 Å². The zero-order chi connectivity index (χ0) is 15.4. The van der Waals surface area contributed by atoms with Gasteiger partial charge in [-0.25, -0.2) is 9.97 Å². The minimum atomic E-state index is -0.179. The predicted molar refractivity (Wildman–Crippen MR) is 90.8 cm³/mol. The van der Waals surface area contributed by atoms with E-state index < -0.39 is 0 Å². The molecule has 0 unspecified atom stereocenters. The molecule has 0 bridgehead atoms. The van der Waals surface area contributed by atoms with Crippen LogP contribution in [0, 0.1) is 0 Å². The lowest BCUT2D eigenvalue weighted by Gasteiger charge is -2.06. The Balaban J connectivity index is 1.69. The Morgan fingerprint density at radius 2 is 2.05 bits per heavy atom. The number of aromatic nitrogens is 2. The topological polar surface area (TPSA) is 80.9 Å². The predicted octanol–water partition coefficient (Wildman–Crippen LogP) is 3.01. The van der Waals surface area contributed by atoms with E-state index in [9.17, 15) is 4.79 Å². The highest BCUT2D eigenvalue weighted by molar-refractivity contribution is 7.16. The summed E-state index contributed by atoms with van der Waals surface area (Å²) in [5, 5.41) is 6.28. The van der Waals surface area contributed by atoms with Crippen molar-refractivity contribution in [2.75, 3.05) is 11.9 Å². The Hall–Kier alpha value is -1.31. The average Bonchev–Trinajstić information content (AvgIpc) is 3.07. The van der Waals surface area contributed by atoms with E-state index in [1.807, 2.05) is 0 Å². The molecule has 0 fully saturated rings. The summed E-state index contributed by atoms with van der Waals surface area (Å²) in [6, 6.07) is 0. The van der Waals surface area contributed by atoms with Crippen molar-refractivity contribution in [3.8, 4) is 0 Å². The zero-order valence-electron chi connectivity index (χ0n) is 12.4. The van der Waals surface area contributed by atoms with Gasteiger partial charge >= 0.3 is 0 Å². The van der Waals surface area contributed by atoms with Gasteiger partial charge in [-0.3, -0.25) is 10.1 Å². The van der Waals surface area contributed by atoms with Crippen LogP contribution in [-0.2, 0) is 19.3 Å². The molecule has 0 radical (unpaired) electrons. The second-order valence-electron chi connectivity index (χ2n) is 5.42. The van der Waals surface area contributed by atoms with Crippen LogP contribution in [0.3, 0.4) is 0 Å². The molecule has 7 heteroatoms. The molecule has 2 aromatic rings. The van der Waals surface area contributed by atoms with Gasteiger partial charge in [-0.15, -0.1) is 22.7 Å². The average molecular weight is 336 g/mol. The molecule has 1 amide bonds. The number of hydrogen-bond donors (Lipinski definition) is 2. The molecule has 3 rings (SSSR count). The highest BCUT2D eigenvalue weighted by Crippen LogP contribution is 2.28. The second kappa shape index (κ2) is 7.30. The van der Waals surface area contributed by atoms with Crippen LogP contribution in [0.25, 0.3) is 0 Å². The molecule has 0 atom stereocenters. The van der Waals surface area contributed by atoms with E-state index in [0.717, 1.165) is 17.8 Å². The molecule has 3 N–H and O–H groups in total. The Kier molecular flexibility index (Phi) is 5.17. The molecule has 1 aliphatic rings. The number of carbonyl (C=O) groups excluding carboxylic acids is 1. The summed E-state index contributed by atoms with van der Waals surface area (Å²) in [5.74, 6) is -0.179. The standard InChI is InChI=1S/C15H20N4OS2/c16-8-7-13-17-11(9-21-13)14(20)19-15-18-10-5-3-1-2-4-6-12(10)22-15/h9H,1-8,16H2,(H,18,19,20). The summed E-state index contributed by atoms with van der Waals surface area (Å²) in [4.78, 5) is 22.5. The van der Waals surface area contributed by atoms with E-state index in [2.05, 4.69) is 15.3 Å². The van der Waals surface area contributed by atoms with E-state index in [1.165, 1.54) is 47.6 Å². The minimum Gasteiger partial charge on any atom is -0.330 e. The van der Waals surface area contributed by atoms with Crippen LogP contribution >= 0.6 is 22.7 Å². The fourth-order valence-electron chi connectivity index (χ4n) is 2.57. The van der Waals surface area contributed by atoms with Gasteiger partial charge in [0.1, 0.15) is 5.69 Å². The van der Waals surface area contributed by atoms with Crippen LogP contribution in [-0.4, -0.2) is 22.4 Å². The first kappa shape index (κ1) is 15.6. The lowest BCUT2D eigenvalue weighted by atomic mass is 10.0. The van der Waals surface area contributed by atoms with Gasteiger partial charge in [0.2, 0.25) is 0 Å². The quantitative estimate of drug-likeness (QED) is 0.899. The largest absolute Gasteiger partial charge is 0.330 e. The molecule has 22 heavy (non-hydrogen) atoms. The third-order valence-corrected chi connectivity index (χ3v) is 5.69. The van der Waals surface area contributed by atoms with Gasteiger partial charge in [0, 0.05) is 16.7 Å². The summed E-state index contributed by atoms with van der Waals surface area (Å²) < 4.78 is 0. The number of aryl methyl sites for hydroxylation is 2. The highest BCUT2D eigenvalue weighted by Gasteiger charge is 2.16. The Bertz CT molecular complexity index is 624. The maximum Gasteiger partial charge on any atom is 0.276 e. The zero-order valence-corrected chi connectivity index (χ0v) is 14.1. The summed E-state index contributed by atoms with van der Waals surface area (Å²) in [6.45, 7) is 0.549. The van der Waals surface area contributed by atoms with Crippen molar-refractivity contribution < 1.29 is 4.79 Å². The van der Waals surface area contributed by atoms with E-state index >= 15 is 0 Å². The van der Waals surface area contributed by atoms with Gasteiger partial charge < -0.3 is 5.73 Å². The maximum absolute atomic E-state index is 12.2. The molecule has 0 aliphatic heterocycles. The fraction of sp³-hybridized carbons (Fsp3) is 0.533. The number of nitrogens with zero attached hydrogens (tertiary/aromatic N) is 2. The molecule has 118 valence electrons. The highest BCUT2D eigenvalue weighted by atomic mass is 32.1. The van der Waals surface area contributed by atoms with Crippen molar-refractivity contribution in [2.45, 2.75) is 44.9 Å². The van der Waals surface area contributed by atoms with Crippen molar-refractivity contribution in [1.82, 2.24) is 9.97 Å². The number of nitrogens with two attached hydrogens (primary N) is 1. The van der Waals surface area contributed by atoms with E-state index in [0.29, 0.717) is 23.8 Å². The molecule has 5 nitrogen and oxygen atoms in total. The SMILES string of the molecule is NCCc1nc(C(=O)Nc2nc3c(s2)CCCCCC3)cs1. The molecule has 2 heterocycles. The van der Waals surface area contributed by atoms with Crippen molar-refractivity contribution in [3.05, 3.63) is 26.7 Å². The van der Waals surface area contributed by atoms with Gasteiger partial charge in [0.05, 0.1) is 10.7 Å². The number of carbonyl (C=O) groups is 1. The smallest absolute Gasteiger partial charge is 0.276 e. The molecule has 0 aromatic carbocycles. The molecular formula is C15H20N4OS2. The van der Waals surface area contributed by atoms with Gasteiger partial charge in [-0.1, -0.05) is 12.8 Å². The third kappa shape index (κ3) is 3.71. The summed E-state index contributed by atoms with van der Waals surface area (Å²) in [5.41, 5.74) is 7.13. The Morgan fingerprint density at radius 1 is 1.23 bits per heavy atom. The monoisotopic (exact) mass is 336 g/mol. The van der Waals surface area contributed by atoms with Crippen molar-refractivity contribution in [3.63, 3.8) is 0 Å². The van der Waals surface area contributed by atoms with E-state index in [1.54, 1.807) is 16.7 Å². The molecule has 0 spiro atoms. The van der Waals surface area contributed by atoms with E-state index in [-0.39, 0.29) is 5.91 Å². The van der Waals surface area contributed by atoms with Crippen LogP contribution in [0.4, 0.5) is 5.13 Å². The van der Waals surface area contributed by atoms with Crippen LogP contribution in [0.15, 0.2) is 5.38 Å². The van der Waals surface area contributed by atoms with Crippen LogP contribution in [0.5, 0.6) is 0 Å². The molecule has 2 aromatic heterocycles. The van der Waals surface area contributed by atoms with Crippen molar-refractivity contribution >= 4 is 33.7 Å². The lowest BCUT2D eigenvalue weighted by Crippen LogP contribution is -2.12. The van der Waals surface area contributed by atoms with Crippen LogP contribution in [0.1, 0.15) is 51.8 Å². The number of thiazole rings is 2. The number of fused-ring (bicyclic) bond motifs is 1. The third-order valence-electron chi connectivity index (χ3n) is 3.71. The van der Waals surface area contributed by atoms with E-state index in [4.69, 9.17) is 5.73 Å². The maximum atomic E-state index is 12.2. The van der Waals surface area contributed by atoms with Gasteiger partial charge in [0.25, 0.3) is 5.91 Å². The first-order valence-electron chi connectivity index (χ1n) is 7.70. The minimum absolute atomic E-state index is 0.179. The summed E-state index contributed by atoms with van der Waals surface area (Å²) in [7, 11) is 0. The first-order valence-corrected chi connectivity index (χ1v) is 9.40. The first-order chi connectivity index (χ1) is 10.8. The lowest BCUT2D eigenvalue weighted by molar-refractivity contribution is 0.102.